The number of carbonyl (C=O) groups is 2. The molecule has 1 saturated carbocycles. The molecular formula is C26H39N3O5S. The lowest BCUT2D eigenvalue weighted by Crippen LogP contribution is -2.48. The second-order valence-corrected chi connectivity index (χ2v) is 13.0. The second-order valence-electron chi connectivity index (χ2n) is 10.8. The lowest BCUT2D eigenvalue weighted by Gasteiger charge is -2.40. The third-order valence-electron chi connectivity index (χ3n) is 8.23. The molecule has 2 saturated heterocycles. The Bertz CT molecular complexity index is 1020. The van der Waals surface area contributed by atoms with Crippen LogP contribution in [0.4, 0.5) is 0 Å². The van der Waals surface area contributed by atoms with Gasteiger partial charge in [0.2, 0.25) is 5.91 Å². The van der Waals surface area contributed by atoms with Crippen molar-refractivity contribution in [2.75, 3.05) is 31.6 Å². The van der Waals surface area contributed by atoms with Crippen LogP contribution in [0.15, 0.2) is 18.2 Å². The molecule has 35 heavy (non-hydrogen) atoms. The van der Waals surface area contributed by atoms with Gasteiger partial charge in [-0.2, -0.15) is 0 Å². The normalized spacial score (nSPS) is 25.5. The molecule has 2 amide bonds. The predicted molar refractivity (Wildman–Crippen MR) is 135 cm³/mol. The fraction of sp³-hybridized carbons (Fsp3) is 0.692. The van der Waals surface area contributed by atoms with Crippen LogP contribution in [0.1, 0.15) is 79.6 Å². The molecule has 1 aromatic rings. The Labute approximate surface area is 208 Å². The number of hydrogen-bond acceptors (Lipinski definition) is 6. The molecule has 8 nitrogen and oxygen atoms in total. The number of amides is 2. The molecule has 1 aromatic carbocycles. The van der Waals surface area contributed by atoms with Crippen LogP contribution >= 0.6 is 0 Å². The van der Waals surface area contributed by atoms with E-state index >= 15 is 0 Å². The first-order chi connectivity index (χ1) is 16.6. The van der Waals surface area contributed by atoms with Crippen molar-refractivity contribution in [3.63, 3.8) is 0 Å². The molecule has 2 heterocycles. The fourth-order valence-electron chi connectivity index (χ4n) is 6.53. The van der Waals surface area contributed by atoms with Gasteiger partial charge in [-0.15, -0.1) is 0 Å². The average molecular weight is 506 g/mol. The summed E-state index contributed by atoms with van der Waals surface area (Å²) in [6.07, 6.45) is 10.8. The molecule has 3 fully saturated rings. The van der Waals surface area contributed by atoms with Crippen LogP contribution in [0.2, 0.25) is 0 Å². The first kappa shape index (κ1) is 25.9. The SMILES string of the molecule is CS(=O)(=O)CC(=O)N(CCN1C2CCC1CC(c1cccc(C(N)=O)c1O)C2)CC1CCCCC1. The Morgan fingerprint density at radius 3 is 2.34 bits per heavy atom. The molecule has 2 aliphatic heterocycles. The number of hydrogen-bond donors (Lipinski definition) is 2. The Morgan fingerprint density at radius 2 is 1.74 bits per heavy atom. The Morgan fingerprint density at radius 1 is 1.09 bits per heavy atom. The van der Waals surface area contributed by atoms with Crippen LogP contribution in [0, 0.1) is 5.92 Å². The maximum Gasteiger partial charge on any atom is 0.252 e. The zero-order valence-corrected chi connectivity index (χ0v) is 21.5. The smallest absolute Gasteiger partial charge is 0.252 e. The van der Waals surface area contributed by atoms with Gasteiger partial charge in [-0.05, 0) is 62.0 Å². The molecule has 4 rings (SSSR count). The minimum atomic E-state index is -3.37. The second kappa shape index (κ2) is 10.9. The van der Waals surface area contributed by atoms with E-state index in [1.54, 1.807) is 17.0 Å². The number of benzene rings is 1. The van der Waals surface area contributed by atoms with Gasteiger partial charge in [-0.1, -0.05) is 31.4 Å². The third kappa shape index (κ3) is 6.36. The number of aromatic hydroxyl groups is 1. The van der Waals surface area contributed by atoms with E-state index in [4.69, 9.17) is 5.73 Å². The number of nitrogens with zero attached hydrogens (tertiary/aromatic N) is 2. The Balaban J connectivity index is 1.42. The Hall–Kier alpha value is -2.13. The van der Waals surface area contributed by atoms with Crippen LogP contribution < -0.4 is 5.73 Å². The molecule has 0 spiro atoms. The molecule has 9 heteroatoms. The van der Waals surface area contributed by atoms with Crippen molar-refractivity contribution in [2.24, 2.45) is 11.7 Å². The Kier molecular flexibility index (Phi) is 8.06. The first-order valence-electron chi connectivity index (χ1n) is 12.9. The number of nitrogens with two attached hydrogens (primary N) is 1. The van der Waals surface area contributed by atoms with E-state index in [-0.39, 0.29) is 23.1 Å². The largest absolute Gasteiger partial charge is 0.507 e. The molecule has 2 atom stereocenters. The van der Waals surface area contributed by atoms with Gasteiger partial charge >= 0.3 is 0 Å². The average Bonchev–Trinajstić information content (AvgIpc) is 3.03. The number of sulfone groups is 1. The highest BCUT2D eigenvalue weighted by atomic mass is 32.2. The number of carbonyl (C=O) groups excluding carboxylic acids is 2. The van der Waals surface area contributed by atoms with Crippen molar-refractivity contribution in [2.45, 2.75) is 75.8 Å². The summed E-state index contributed by atoms with van der Waals surface area (Å²) >= 11 is 0. The van der Waals surface area contributed by atoms with E-state index in [0.29, 0.717) is 31.1 Å². The highest BCUT2D eigenvalue weighted by molar-refractivity contribution is 7.91. The molecule has 0 radical (unpaired) electrons. The van der Waals surface area contributed by atoms with Crippen LogP contribution in [0.3, 0.4) is 0 Å². The number of rotatable bonds is 9. The van der Waals surface area contributed by atoms with Gasteiger partial charge in [-0.25, -0.2) is 8.42 Å². The minimum absolute atomic E-state index is 0.00267. The van der Waals surface area contributed by atoms with E-state index in [9.17, 15) is 23.1 Å². The van der Waals surface area contributed by atoms with E-state index in [0.717, 1.165) is 56.9 Å². The molecule has 3 N–H and O–H groups in total. The summed E-state index contributed by atoms with van der Waals surface area (Å²) in [5, 5.41) is 10.6. The van der Waals surface area contributed by atoms with Gasteiger partial charge in [0, 0.05) is 38.0 Å². The van der Waals surface area contributed by atoms with Crippen molar-refractivity contribution in [1.29, 1.82) is 0 Å². The lowest BCUT2D eigenvalue weighted by atomic mass is 9.83. The molecule has 0 aromatic heterocycles. The predicted octanol–water partition coefficient (Wildman–Crippen LogP) is 2.66. The van der Waals surface area contributed by atoms with Gasteiger partial charge in [-0.3, -0.25) is 14.5 Å². The molecular weight excluding hydrogens is 466 g/mol. The van der Waals surface area contributed by atoms with E-state index < -0.39 is 21.5 Å². The van der Waals surface area contributed by atoms with Crippen LogP contribution in [0.25, 0.3) is 0 Å². The summed E-state index contributed by atoms with van der Waals surface area (Å²) in [6.45, 7) is 1.93. The third-order valence-corrected chi connectivity index (χ3v) is 9.00. The standard InChI is InChI=1S/C26H39N3O5S/c1-35(33,34)17-24(30)28(16-18-6-3-2-4-7-18)12-13-29-20-10-11-21(29)15-19(14-20)22-8-5-9-23(25(22)31)26(27)32/h5,8-9,18-21,31H,2-4,6-7,10-17H2,1H3,(H2,27,32). The summed E-state index contributed by atoms with van der Waals surface area (Å²) in [5.74, 6) is -0.717. The lowest BCUT2D eigenvalue weighted by molar-refractivity contribution is -0.129. The van der Waals surface area contributed by atoms with Crippen LogP contribution in [-0.2, 0) is 14.6 Å². The van der Waals surface area contributed by atoms with E-state index in [2.05, 4.69) is 4.90 Å². The molecule has 2 bridgehead atoms. The molecule has 3 aliphatic rings. The van der Waals surface area contributed by atoms with Gasteiger partial charge in [0.25, 0.3) is 5.91 Å². The zero-order valence-electron chi connectivity index (χ0n) is 20.7. The minimum Gasteiger partial charge on any atom is -0.507 e. The number of phenols is 1. The zero-order chi connectivity index (χ0) is 25.2. The number of piperidine rings is 1. The summed E-state index contributed by atoms with van der Waals surface area (Å²) in [7, 11) is -3.37. The van der Waals surface area contributed by atoms with Gasteiger partial charge in [0.05, 0.1) is 5.56 Å². The molecule has 194 valence electrons. The van der Waals surface area contributed by atoms with Gasteiger partial charge < -0.3 is 15.7 Å². The van der Waals surface area contributed by atoms with Gasteiger partial charge in [0.15, 0.2) is 9.84 Å². The summed E-state index contributed by atoms with van der Waals surface area (Å²) in [5.41, 5.74) is 6.38. The topological polar surface area (TPSA) is 121 Å². The van der Waals surface area contributed by atoms with E-state index in [1.807, 2.05) is 6.07 Å². The van der Waals surface area contributed by atoms with Crippen LogP contribution in [-0.4, -0.2) is 78.9 Å². The van der Waals surface area contributed by atoms with Crippen molar-refractivity contribution in [3.8, 4) is 5.75 Å². The summed E-state index contributed by atoms with van der Waals surface area (Å²) in [6, 6.07) is 5.91. The summed E-state index contributed by atoms with van der Waals surface area (Å²) < 4.78 is 23.6. The van der Waals surface area contributed by atoms with Gasteiger partial charge in [0.1, 0.15) is 11.5 Å². The highest BCUT2D eigenvalue weighted by Crippen LogP contribution is 2.45. The maximum absolute atomic E-state index is 12.9. The first-order valence-corrected chi connectivity index (χ1v) is 15.0. The quantitative estimate of drug-likeness (QED) is 0.532. The molecule has 2 unspecified atom stereocenters. The number of primary amides is 1. The van der Waals surface area contributed by atoms with Crippen molar-refractivity contribution < 1.29 is 23.1 Å². The fourth-order valence-corrected chi connectivity index (χ4v) is 7.16. The molecule has 1 aliphatic carbocycles. The van der Waals surface area contributed by atoms with Crippen LogP contribution in [0.5, 0.6) is 5.75 Å². The van der Waals surface area contributed by atoms with Crippen molar-refractivity contribution in [1.82, 2.24) is 9.80 Å². The maximum atomic E-state index is 12.9. The monoisotopic (exact) mass is 505 g/mol. The van der Waals surface area contributed by atoms with E-state index in [1.165, 1.54) is 19.3 Å². The summed E-state index contributed by atoms with van der Waals surface area (Å²) in [4.78, 5) is 28.9. The number of fused-ring (bicyclic) bond motifs is 2. The van der Waals surface area contributed by atoms with Crippen molar-refractivity contribution in [3.05, 3.63) is 29.3 Å². The van der Waals surface area contributed by atoms with Crippen molar-refractivity contribution >= 4 is 21.7 Å². The highest BCUT2D eigenvalue weighted by Gasteiger charge is 2.42. The number of para-hydroxylation sites is 1.